The molecule has 230 valence electrons. The Balaban J connectivity index is 1.29. The number of pyridine rings is 1. The monoisotopic (exact) mass is 633 g/mol. The predicted molar refractivity (Wildman–Crippen MR) is 174 cm³/mol. The molecule has 1 atom stereocenters. The number of aromatic amines is 1. The van der Waals surface area contributed by atoms with Crippen LogP contribution in [0.1, 0.15) is 67.2 Å². The summed E-state index contributed by atoms with van der Waals surface area (Å²) in [5, 5.41) is 9.70. The molecule has 0 bridgehead atoms. The second-order valence-corrected chi connectivity index (χ2v) is 13.6. The highest BCUT2D eigenvalue weighted by atomic mass is 35.5. The van der Waals surface area contributed by atoms with Crippen LogP contribution in [-0.2, 0) is 23.1 Å². The molecule has 2 aliphatic heterocycles. The summed E-state index contributed by atoms with van der Waals surface area (Å²) in [5.41, 5.74) is 3.22. The second kappa shape index (κ2) is 12.0. The van der Waals surface area contributed by atoms with Gasteiger partial charge < -0.3 is 14.4 Å². The Morgan fingerprint density at radius 2 is 1.93 bits per heavy atom. The van der Waals surface area contributed by atoms with Crippen molar-refractivity contribution in [1.29, 1.82) is 0 Å². The van der Waals surface area contributed by atoms with E-state index in [4.69, 9.17) is 28.2 Å². The zero-order valence-corrected chi connectivity index (χ0v) is 26.8. The number of likely N-dealkylation sites (tertiary alicyclic amines) is 1. The van der Waals surface area contributed by atoms with Gasteiger partial charge in [0.25, 0.3) is 0 Å². The van der Waals surface area contributed by atoms with E-state index >= 15 is 0 Å². The van der Waals surface area contributed by atoms with Gasteiger partial charge in [0.15, 0.2) is 10.9 Å². The highest BCUT2D eigenvalue weighted by Crippen LogP contribution is 2.35. The van der Waals surface area contributed by atoms with E-state index in [1.165, 1.54) is 6.08 Å². The summed E-state index contributed by atoms with van der Waals surface area (Å²) in [7, 11) is 0. The first-order valence-electron chi connectivity index (χ1n) is 15.1. The van der Waals surface area contributed by atoms with Crippen LogP contribution in [0.5, 0.6) is 0 Å². The van der Waals surface area contributed by atoms with Gasteiger partial charge in [-0.3, -0.25) is 14.7 Å². The van der Waals surface area contributed by atoms with Gasteiger partial charge in [-0.15, -0.1) is 0 Å². The molecule has 4 aromatic rings. The van der Waals surface area contributed by atoms with Crippen LogP contribution in [0.2, 0.25) is 10.2 Å². The molecule has 0 unspecified atom stereocenters. The van der Waals surface area contributed by atoms with Crippen molar-refractivity contribution < 1.29 is 9.59 Å². The number of amides is 1. The summed E-state index contributed by atoms with van der Waals surface area (Å²) >= 11 is 13.4. The number of halogens is 2. The first kappa shape index (κ1) is 30.3. The average molecular weight is 635 g/mol. The summed E-state index contributed by atoms with van der Waals surface area (Å²) in [4.78, 5) is 39.0. The molecule has 5 heterocycles. The van der Waals surface area contributed by atoms with Crippen LogP contribution in [-0.4, -0.2) is 67.5 Å². The molecule has 2 aliphatic rings. The number of carbonyl (C=O) groups is 2. The molecule has 1 N–H and O–H groups in total. The second-order valence-electron chi connectivity index (χ2n) is 12.9. The lowest BCUT2D eigenvalue weighted by atomic mass is 9.86. The van der Waals surface area contributed by atoms with E-state index in [0.29, 0.717) is 49.6 Å². The lowest BCUT2D eigenvalue weighted by Crippen LogP contribution is -2.50. The van der Waals surface area contributed by atoms with Crippen LogP contribution >= 0.6 is 23.2 Å². The molecule has 11 heteroatoms. The molecule has 1 amide bonds. The van der Waals surface area contributed by atoms with Gasteiger partial charge in [0.05, 0.1) is 11.6 Å². The number of aromatic nitrogens is 5. The fraction of sp³-hybridized carbons (Fsp3) is 0.424. The number of carbonyl (C=O) groups excluding carboxylic acids is 2. The topological polar surface area (TPSA) is 100 Å². The third kappa shape index (κ3) is 5.87. The molecule has 0 spiro atoms. The van der Waals surface area contributed by atoms with Gasteiger partial charge in [-0.25, -0.2) is 9.97 Å². The van der Waals surface area contributed by atoms with Crippen molar-refractivity contribution in [1.82, 2.24) is 29.6 Å². The van der Waals surface area contributed by atoms with Gasteiger partial charge in [0, 0.05) is 67.2 Å². The maximum Gasteiger partial charge on any atom is 0.245 e. The number of aryl methyl sites for hydroxylation is 2. The van der Waals surface area contributed by atoms with Gasteiger partial charge in [-0.05, 0) is 54.2 Å². The van der Waals surface area contributed by atoms with Crippen molar-refractivity contribution in [2.75, 3.05) is 31.1 Å². The molecule has 1 aromatic carbocycles. The van der Waals surface area contributed by atoms with Gasteiger partial charge in [0.1, 0.15) is 17.3 Å². The number of benzene rings is 1. The van der Waals surface area contributed by atoms with Crippen LogP contribution in [0.3, 0.4) is 0 Å². The zero-order valence-electron chi connectivity index (χ0n) is 25.3. The van der Waals surface area contributed by atoms with Gasteiger partial charge in [-0.1, -0.05) is 56.6 Å². The van der Waals surface area contributed by atoms with E-state index in [1.54, 1.807) is 11.1 Å². The van der Waals surface area contributed by atoms with Gasteiger partial charge in [0.2, 0.25) is 5.91 Å². The number of ketones is 1. The Morgan fingerprint density at radius 1 is 1.14 bits per heavy atom. The molecule has 0 aliphatic carbocycles. The van der Waals surface area contributed by atoms with Crippen molar-refractivity contribution in [3.8, 4) is 0 Å². The number of imidazole rings is 1. The summed E-state index contributed by atoms with van der Waals surface area (Å²) in [6, 6.07) is 9.95. The Hall–Kier alpha value is -3.69. The quantitative estimate of drug-likeness (QED) is 0.174. The summed E-state index contributed by atoms with van der Waals surface area (Å²) < 4.78 is 2.08. The SMILES string of the molecule is C=CC(=O)N1CC(CC(=O)c2c(Cl)nc(CCc3[nH]nc4cc(Cl)c(C(C)(C)C)cc34)n2[C@@H]2CCN(c3ccccn3)C2)C1. The van der Waals surface area contributed by atoms with Crippen molar-refractivity contribution in [3.63, 3.8) is 0 Å². The number of hydrogen-bond donors (Lipinski definition) is 1. The van der Waals surface area contributed by atoms with Crippen LogP contribution < -0.4 is 4.90 Å². The molecule has 2 fully saturated rings. The molecular weight excluding hydrogens is 597 g/mol. The lowest BCUT2D eigenvalue weighted by Gasteiger charge is -2.38. The molecule has 44 heavy (non-hydrogen) atoms. The highest BCUT2D eigenvalue weighted by Gasteiger charge is 2.36. The minimum atomic E-state index is -0.114. The van der Waals surface area contributed by atoms with Crippen molar-refractivity contribution in [3.05, 3.63) is 82.1 Å². The standard InChI is InChI=1S/C33H37Cl2N7O2/c1-5-30(44)41-17-20(18-41)14-27(43)31-32(35)37-29(42(31)21-11-13-40(19-21)28-8-6-7-12-36-28)10-9-25-22-15-23(33(2,3)4)24(34)16-26(22)39-38-25/h5-8,12,15-16,20-21H,1,9-11,13-14,17-19H2,2-4H3,(H,38,39)/t21-/m1/s1. The first-order chi connectivity index (χ1) is 21.0. The van der Waals surface area contributed by atoms with Crippen LogP contribution in [0.25, 0.3) is 10.9 Å². The van der Waals surface area contributed by atoms with E-state index in [0.717, 1.165) is 46.8 Å². The smallest absolute Gasteiger partial charge is 0.245 e. The molecule has 0 saturated carbocycles. The Kier molecular flexibility index (Phi) is 8.28. The molecule has 2 saturated heterocycles. The van der Waals surface area contributed by atoms with Crippen molar-refractivity contribution >= 4 is 51.6 Å². The minimum Gasteiger partial charge on any atom is -0.354 e. The van der Waals surface area contributed by atoms with Crippen LogP contribution in [0.4, 0.5) is 5.82 Å². The Morgan fingerprint density at radius 3 is 2.64 bits per heavy atom. The number of nitrogens with zero attached hydrogens (tertiary/aromatic N) is 6. The third-order valence-corrected chi connectivity index (χ3v) is 9.33. The van der Waals surface area contributed by atoms with E-state index < -0.39 is 0 Å². The summed E-state index contributed by atoms with van der Waals surface area (Å²) in [6.07, 6.45) is 5.46. The maximum absolute atomic E-state index is 13.8. The summed E-state index contributed by atoms with van der Waals surface area (Å²) in [6.45, 7) is 12.6. The molecule has 0 radical (unpaired) electrons. The van der Waals surface area contributed by atoms with Crippen molar-refractivity contribution in [2.24, 2.45) is 5.92 Å². The highest BCUT2D eigenvalue weighted by molar-refractivity contribution is 6.33. The van der Waals surface area contributed by atoms with E-state index in [1.807, 2.05) is 24.3 Å². The molecule has 3 aromatic heterocycles. The molecule has 9 nitrogen and oxygen atoms in total. The summed E-state index contributed by atoms with van der Waals surface area (Å²) in [5.74, 6) is 1.62. The fourth-order valence-corrected chi connectivity index (χ4v) is 7.16. The van der Waals surface area contributed by atoms with Crippen LogP contribution in [0.15, 0.2) is 49.2 Å². The number of anilines is 1. The van der Waals surface area contributed by atoms with Crippen molar-refractivity contribution in [2.45, 2.75) is 57.9 Å². The fourth-order valence-electron chi connectivity index (χ4n) is 6.42. The average Bonchev–Trinajstić information content (AvgIpc) is 3.69. The van der Waals surface area contributed by atoms with E-state index in [-0.39, 0.29) is 34.2 Å². The third-order valence-electron chi connectivity index (χ3n) is 8.75. The number of H-pyrrole nitrogens is 1. The number of nitrogens with one attached hydrogen (secondary N) is 1. The number of rotatable bonds is 9. The van der Waals surface area contributed by atoms with Crippen LogP contribution in [0, 0.1) is 5.92 Å². The molecular formula is C33H37Cl2N7O2. The van der Waals surface area contributed by atoms with Gasteiger partial charge in [-0.2, -0.15) is 5.10 Å². The van der Waals surface area contributed by atoms with E-state index in [9.17, 15) is 9.59 Å². The zero-order chi connectivity index (χ0) is 31.2. The number of hydrogen-bond acceptors (Lipinski definition) is 6. The van der Waals surface area contributed by atoms with E-state index in [2.05, 4.69) is 58.1 Å². The first-order valence-corrected chi connectivity index (χ1v) is 15.8. The normalized spacial score (nSPS) is 17.3. The Bertz CT molecular complexity index is 1720. The molecule has 6 rings (SSSR count). The maximum atomic E-state index is 13.8. The lowest BCUT2D eigenvalue weighted by molar-refractivity contribution is -0.132. The number of fused-ring (bicyclic) bond motifs is 1. The minimum absolute atomic E-state index is 0.0102. The Labute approximate surface area is 267 Å². The predicted octanol–water partition coefficient (Wildman–Crippen LogP) is 6.21. The number of Topliss-reactive ketones (excluding diaryl/α,β-unsaturated/α-hetero) is 1. The van der Waals surface area contributed by atoms with Gasteiger partial charge >= 0.3 is 0 Å². The largest absolute Gasteiger partial charge is 0.354 e.